The van der Waals surface area contributed by atoms with Gasteiger partial charge in [-0.2, -0.15) is 0 Å². The van der Waals surface area contributed by atoms with Crippen LogP contribution in [-0.2, 0) is 6.54 Å². The van der Waals surface area contributed by atoms with Crippen LogP contribution in [0.1, 0.15) is 19.0 Å². The number of halogens is 2. The molecule has 2 rings (SSSR count). The first-order chi connectivity index (χ1) is 12.2. The molecule has 0 radical (unpaired) electrons. The molecule has 0 saturated carbocycles. The number of aromatic nitrogens is 1. The Bertz CT molecular complexity index is 666. The van der Waals surface area contributed by atoms with Crippen molar-refractivity contribution in [3.8, 4) is 0 Å². The highest BCUT2D eigenvalue weighted by Gasteiger charge is 2.05. The maximum Gasteiger partial charge on any atom is 0.191 e. The van der Waals surface area contributed by atoms with Crippen molar-refractivity contribution in [1.29, 1.82) is 0 Å². The number of hydrogen-bond acceptors (Lipinski definition) is 3. The number of guanidine groups is 1. The monoisotopic (exact) mass is 471 g/mol. The summed E-state index contributed by atoms with van der Waals surface area (Å²) in [6.07, 6.45) is 2.56. The number of pyridine rings is 1. The Kier molecular flexibility index (Phi) is 10.6. The summed E-state index contributed by atoms with van der Waals surface area (Å²) in [7, 11) is 1.70. The Morgan fingerprint density at radius 1 is 1.15 bits per heavy atom. The zero-order chi connectivity index (χ0) is 17.9. The van der Waals surface area contributed by atoms with Crippen molar-refractivity contribution in [2.75, 3.05) is 31.6 Å². The van der Waals surface area contributed by atoms with Crippen molar-refractivity contribution >= 4 is 35.6 Å². The Hall–Kier alpha value is -1.90. The lowest BCUT2D eigenvalue weighted by molar-refractivity contribution is 0.592. The minimum atomic E-state index is -0.313. The molecule has 0 saturated heterocycles. The number of para-hydroxylation sites is 1. The Labute approximate surface area is 172 Å². The predicted molar refractivity (Wildman–Crippen MR) is 117 cm³/mol. The fourth-order valence-corrected chi connectivity index (χ4v) is 2.52. The first kappa shape index (κ1) is 22.1. The van der Waals surface area contributed by atoms with Crippen molar-refractivity contribution in [2.24, 2.45) is 4.99 Å². The van der Waals surface area contributed by atoms with Gasteiger partial charge in [0.05, 0.1) is 12.2 Å². The topological polar surface area (TPSA) is 52.5 Å². The number of hydrogen-bond donors (Lipinski definition) is 2. The zero-order valence-corrected chi connectivity index (χ0v) is 17.6. The lowest BCUT2D eigenvalue weighted by Crippen LogP contribution is -2.38. The first-order valence-electron chi connectivity index (χ1n) is 8.58. The molecule has 142 valence electrons. The maximum atomic E-state index is 13.6. The summed E-state index contributed by atoms with van der Waals surface area (Å²) < 4.78 is 13.6. The van der Waals surface area contributed by atoms with Gasteiger partial charge in [-0.15, -0.1) is 24.0 Å². The standard InChI is InChI=1S/C19H26FN5.HI/c1-3-25(16-9-5-4-6-10-16)14-8-13-23-19(21-2)24-15-18-17(20)11-7-12-22-18;/h4-7,9-12H,3,8,13-15H2,1-2H3,(H2,21,23,24);1H. The van der Waals surface area contributed by atoms with Crippen molar-refractivity contribution < 1.29 is 4.39 Å². The average Bonchev–Trinajstić information content (AvgIpc) is 2.66. The molecule has 2 aromatic rings. The van der Waals surface area contributed by atoms with Gasteiger partial charge in [0.15, 0.2) is 5.96 Å². The highest BCUT2D eigenvalue weighted by molar-refractivity contribution is 14.0. The third-order valence-corrected chi connectivity index (χ3v) is 3.88. The van der Waals surface area contributed by atoms with E-state index < -0.39 is 0 Å². The summed E-state index contributed by atoms with van der Waals surface area (Å²) in [5, 5.41) is 6.34. The molecule has 0 amide bonds. The normalized spacial score (nSPS) is 10.8. The number of rotatable bonds is 8. The van der Waals surface area contributed by atoms with Crippen LogP contribution < -0.4 is 15.5 Å². The maximum absolute atomic E-state index is 13.6. The van der Waals surface area contributed by atoms with E-state index in [4.69, 9.17) is 0 Å². The van der Waals surface area contributed by atoms with Gasteiger partial charge < -0.3 is 15.5 Å². The van der Waals surface area contributed by atoms with E-state index in [0.717, 1.165) is 26.1 Å². The second-order valence-electron chi connectivity index (χ2n) is 5.55. The van der Waals surface area contributed by atoms with E-state index in [2.05, 4.69) is 56.7 Å². The molecule has 26 heavy (non-hydrogen) atoms. The lowest BCUT2D eigenvalue weighted by Gasteiger charge is -2.23. The fraction of sp³-hybridized carbons (Fsp3) is 0.368. The molecule has 2 N–H and O–H groups in total. The summed E-state index contributed by atoms with van der Waals surface area (Å²) in [6, 6.07) is 13.4. The van der Waals surface area contributed by atoms with Crippen LogP contribution in [-0.4, -0.2) is 37.6 Å². The molecule has 0 aliphatic carbocycles. The van der Waals surface area contributed by atoms with Gasteiger partial charge in [0.1, 0.15) is 5.82 Å². The van der Waals surface area contributed by atoms with Gasteiger partial charge in [-0.25, -0.2) is 4.39 Å². The van der Waals surface area contributed by atoms with Crippen molar-refractivity contribution in [3.63, 3.8) is 0 Å². The molecule has 0 bridgehead atoms. The number of nitrogens with one attached hydrogen (secondary N) is 2. The number of benzene rings is 1. The van der Waals surface area contributed by atoms with Crippen LogP contribution in [0, 0.1) is 5.82 Å². The van der Waals surface area contributed by atoms with E-state index in [0.29, 0.717) is 18.2 Å². The number of anilines is 1. The molecule has 0 fully saturated rings. The predicted octanol–water partition coefficient (Wildman–Crippen LogP) is 3.42. The van der Waals surface area contributed by atoms with Gasteiger partial charge >= 0.3 is 0 Å². The molecular formula is C19H27FIN5. The van der Waals surface area contributed by atoms with Crippen molar-refractivity contribution in [3.05, 3.63) is 60.2 Å². The van der Waals surface area contributed by atoms with E-state index in [9.17, 15) is 4.39 Å². The second-order valence-corrected chi connectivity index (χ2v) is 5.55. The molecule has 0 atom stereocenters. The summed E-state index contributed by atoms with van der Waals surface area (Å²) in [5.74, 6) is 0.333. The third-order valence-electron chi connectivity index (χ3n) is 3.88. The molecule has 0 spiro atoms. The van der Waals surface area contributed by atoms with Crippen molar-refractivity contribution in [2.45, 2.75) is 19.9 Å². The lowest BCUT2D eigenvalue weighted by atomic mass is 10.2. The highest BCUT2D eigenvalue weighted by Crippen LogP contribution is 2.12. The molecule has 1 aromatic carbocycles. The van der Waals surface area contributed by atoms with Crippen LogP contribution in [0.2, 0.25) is 0 Å². The summed E-state index contributed by atoms with van der Waals surface area (Å²) in [4.78, 5) is 10.5. The molecule has 0 aliphatic heterocycles. The van der Waals surface area contributed by atoms with Gasteiger partial charge in [-0.1, -0.05) is 18.2 Å². The minimum Gasteiger partial charge on any atom is -0.372 e. The Balaban J connectivity index is 0.00000338. The summed E-state index contributed by atoms with van der Waals surface area (Å²) in [6.45, 7) is 5.17. The van der Waals surface area contributed by atoms with Crippen LogP contribution in [0.4, 0.5) is 10.1 Å². The summed E-state index contributed by atoms with van der Waals surface area (Å²) in [5.41, 5.74) is 1.62. The average molecular weight is 471 g/mol. The van der Waals surface area contributed by atoms with Crippen LogP contribution in [0.5, 0.6) is 0 Å². The van der Waals surface area contributed by atoms with E-state index in [-0.39, 0.29) is 29.8 Å². The first-order valence-corrected chi connectivity index (χ1v) is 8.58. The van der Waals surface area contributed by atoms with Gasteiger partial charge in [0.2, 0.25) is 0 Å². The zero-order valence-electron chi connectivity index (χ0n) is 15.3. The third kappa shape index (κ3) is 7.15. The molecule has 7 heteroatoms. The Morgan fingerprint density at radius 2 is 1.92 bits per heavy atom. The van der Waals surface area contributed by atoms with Gasteiger partial charge in [0.25, 0.3) is 0 Å². The smallest absolute Gasteiger partial charge is 0.191 e. The SMILES string of the molecule is CCN(CCCNC(=NC)NCc1ncccc1F)c1ccccc1.I. The molecule has 0 unspecified atom stereocenters. The largest absolute Gasteiger partial charge is 0.372 e. The van der Waals surface area contributed by atoms with E-state index in [1.54, 1.807) is 19.3 Å². The van der Waals surface area contributed by atoms with Gasteiger partial charge in [0, 0.05) is 38.6 Å². The second kappa shape index (κ2) is 12.5. The Morgan fingerprint density at radius 3 is 2.58 bits per heavy atom. The van der Waals surface area contributed by atoms with Crippen LogP contribution in [0.3, 0.4) is 0 Å². The van der Waals surface area contributed by atoms with Crippen LogP contribution in [0.25, 0.3) is 0 Å². The highest BCUT2D eigenvalue weighted by atomic mass is 127. The number of nitrogens with zero attached hydrogens (tertiary/aromatic N) is 3. The summed E-state index contributed by atoms with van der Waals surface area (Å²) >= 11 is 0. The van der Waals surface area contributed by atoms with E-state index in [1.165, 1.54) is 11.8 Å². The van der Waals surface area contributed by atoms with Crippen molar-refractivity contribution in [1.82, 2.24) is 15.6 Å². The fourth-order valence-electron chi connectivity index (χ4n) is 2.52. The van der Waals surface area contributed by atoms with Crippen LogP contribution in [0.15, 0.2) is 53.7 Å². The molecule has 1 heterocycles. The molecular weight excluding hydrogens is 444 g/mol. The minimum absolute atomic E-state index is 0. The van der Waals surface area contributed by atoms with Gasteiger partial charge in [-0.05, 0) is 37.6 Å². The van der Waals surface area contributed by atoms with Gasteiger partial charge in [-0.3, -0.25) is 9.98 Å². The number of aliphatic imine (C=N–C) groups is 1. The molecule has 0 aliphatic rings. The van der Waals surface area contributed by atoms with E-state index >= 15 is 0 Å². The molecule has 5 nitrogen and oxygen atoms in total. The van der Waals surface area contributed by atoms with E-state index in [1.807, 2.05) is 6.07 Å². The molecule has 1 aromatic heterocycles. The quantitative estimate of drug-likeness (QED) is 0.268. The van der Waals surface area contributed by atoms with Crippen LogP contribution >= 0.6 is 24.0 Å².